The summed E-state index contributed by atoms with van der Waals surface area (Å²) in [7, 11) is 0. The Morgan fingerprint density at radius 1 is 1.20 bits per heavy atom. The summed E-state index contributed by atoms with van der Waals surface area (Å²) < 4.78 is 5.69. The minimum Gasteiger partial charge on any atom is -0.493 e. The van der Waals surface area contributed by atoms with E-state index in [1.54, 1.807) is 0 Å². The maximum atomic E-state index is 5.69. The van der Waals surface area contributed by atoms with E-state index in [1.807, 2.05) is 30.3 Å². The van der Waals surface area contributed by atoms with Gasteiger partial charge in [-0.1, -0.05) is 45.6 Å². The minimum atomic E-state index is 0.587. The van der Waals surface area contributed by atoms with E-state index in [4.69, 9.17) is 4.74 Å². The van der Waals surface area contributed by atoms with Gasteiger partial charge >= 0.3 is 0 Å². The predicted octanol–water partition coefficient (Wildman–Crippen LogP) is 4.00. The zero-order valence-electron chi connectivity index (χ0n) is 9.86. The fourth-order valence-corrected chi connectivity index (χ4v) is 1.12. The lowest BCUT2D eigenvalue weighted by Gasteiger charge is -2.16. The first kappa shape index (κ1) is 11.8. The largest absolute Gasteiger partial charge is 0.493 e. The Morgan fingerprint density at radius 2 is 1.80 bits per heavy atom. The summed E-state index contributed by atoms with van der Waals surface area (Å²) in [4.78, 5) is 0. The quantitative estimate of drug-likeness (QED) is 0.704. The Labute approximate surface area is 92.8 Å². The van der Waals surface area contributed by atoms with Gasteiger partial charge in [-0.2, -0.15) is 0 Å². The smallest absolute Gasteiger partial charge is 0.119 e. The summed E-state index contributed by atoms with van der Waals surface area (Å²) in [6.45, 7) is 11.1. The number of ether oxygens (including phenoxy) is 1. The van der Waals surface area contributed by atoms with Crippen LogP contribution in [0.4, 0.5) is 0 Å². The van der Waals surface area contributed by atoms with Gasteiger partial charge in [-0.05, 0) is 29.5 Å². The summed E-state index contributed by atoms with van der Waals surface area (Å²) >= 11 is 0. The molecule has 1 rings (SSSR count). The van der Waals surface area contributed by atoms with Crippen LogP contribution in [-0.2, 0) is 0 Å². The van der Waals surface area contributed by atoms with Gasteiger partial charge in [-0.15, -0.1) is 0 Å². The third-order valence-electron chi connectivity index (χ3n) is 2.77. The molecule has 0 saturated heterocycles. The first-order chi connectivity index (χ1) is 7.13. The van der Waals surface area contributed by atoms with Crippen molar-refractivity contribution in [2.75, 3.05) is 6.61 Å². The van der Waals surface area contributed by atoms with Crippen LogP contribution >= 0.6 is 0 Å². The Morgan fingerprint density at radius 3 is 2.27 bits per heavy atom. The highest BCUT2D eigenvalue weighted by atomic mass is 16.5. The molecule has 0 aliphatic rings. The fraction of sp³-hybridized carbons (Fsp3) is 0.429. The monoisotopic (exact) mass is 204 g/mol. The normalized spacial score (nSPS) is 12.5. The SMILES string of the molecule is C=Cc1ccc(OCC(C)C(C)C)cc1. The highest BCUT2D eigenvalue weighted by Gasteiger charge is 2.07. The van der Waals surface area contributed by atoms with Crippen molar-refractivity contribution < 1.29 is 4.74 Å². The fourth-order valence-electron chi connectivity index (χ4n) is 1.12. The molecule has 0 N–H and O–H groups in total. The van der Waals surface area contributed by atoms with Gasteiger partial charge < -0.3 is 4.74 Å². The molecule has 0 saturated carbocycles. The lowest BCUT2D eigenvalue weighted by molar-refractivity contribution is 0.223. The summed E-state index contributed by atoms with van der Waals surface area (Å²) in [5.74, 6) is 2.19. The number of benzene rings is 1. The first-order valence-electron chi connectivity index (χ1n) is 5.48. The van der Waals surface area contributed by atoms with E-state index >= 15 is 0 Å². The molecular weight excluding hydrogens is 184 g/mol. The van der Waals surface area contributed by atoms with Crippen molar-refractivity contribution in [3.63, 3.8) is 0 Å². The van der Waals surface area contributed by atoms with Gasteiger partial charge in [-0.3, -0.25) is 0 Å². The van der Waals surface area contributed by atoms with Gasteiger partial charge in [-0.25, -0.2) is 0 Å². The zero-order valence-corrected chi connectivity index (χ0v) is 9.86. The summed E-state index contributed by atoms with van der Waals surface area (Å²) in [6.07, 6.45) is 1.83. The van der Waals surface area contributed by atoms with Crippen molar-refractivity contribution in [2.45, 2.75) is 20.8 Å². The Kier molecular flexibility index (Phi) is 4.41. The third-order valence-corrected chi connectivity index (χ3v) is 2.77. The Balaban J connectivity index is 2.47. The number of rotatable bonds is 5. The molecule has 0 aliphatic carbocycles. The van der Waals surface area contributed by atoms with Gasteiger partial charge in [0, 0.05) is 0 Å². The number of hydrogen-bond acceptors (Lipinski definition) is 1. The molecule has 82 valence electrons. The molecule has 15 heavy (non-hydrogen) atoms. The maximum Gasteiger partial charge on any atom is 0.119 e. The lowest BCUT2D eigenvalue weighted by atomic mass is 9.99. The van der Waals surface area contributed by atoms with Crippen molar-refractivity contribution in [1.82, 2.24) is 0 Å². The minimum absolute atomic E-state index is 0.587. The second-order valence-corrected chi connectivity index (χ2v) is 4.31. The zero-order chi connectivity index (χ0) is 11.3. The van der Waals surface area contributed by atoms with E-state index in [0.29, 0.717) is 11.8 Å². The molecule has 1 nitrogen and oxygen atoms in total. The van der Waals surface area contributed by atoms with Gasteiger partial charge in [0.15, 0.2) is 0 Å². The highest BCUT2D eigenvalue weighted by molar-refractivity contribution is 5.48. The van der Waals surface area contributed by atoms with Crippen LogP contribution in [0.15, 0.2) is 30.8 Å². The predicted molar refractivity (Wildman–Crippen MR) is 66.0 cm³/mol. The Hall–Kier alpha value is -1.24. The molecule has 1 aromatic carbocycles. The van der Waals surface area contributed by atoms with Gasteiger partial charge in [0.1, 0.15) is 5.75 Å². The van der Waals surface area contributed by atoms with Crippen LogP contribution in [0.25, 0.3) is 6.08 Å². The van der Waals surface area contributed by atoms with Crippen LogP contribution in [0.3, 0.4) is 0 Å². The molecule has 1 atom stereocenters. The van der Waals surface area contributed by atoms with E-state index in [-0.39, 0.29) is 0 Å². The van der Waals surface area contributed by atoms with Crippen molar-refractivity contribution in [1.29, 1.82) is 0 Å². The standard InChI is InChI=1S/C14H20O/c1-5-13-6-8-14(9-7-13)15-10-12(4)11(2)3/h5-9,11-12H,1,10H2,2-4H3. The molecule has 1 unspecified atom stereocenters. The number of hydrogen-bond donors (Lipinski definition) is 0. The van der Waals surface area contributed by atoms with Crippen molar-refractivity contribution in [3.05, 3.63) is 36.4 Å². The topological polar surface area (TPSA) is 9.23 Å². The van der Waals surface area contributed by atoms with E-state index in [2.05, 4.69) is 27.4 Å². The molecule has 1 aromatic rings. The third kappa shape index (κ3) is 3.78. The van der Waals surface area contributed by atoms with E-state index in [0.717, 1.165) is 17.9 Å². The molecule has 0 aromatic heterocycles. The maximum absolute atomic E-state index is 5.69. The van der Waals surface area contributed by atoms with Crippen LogP contribution in [0, 0.1) is 11.8 Å². The first-order valence-corrected chi connectivity index (χ1v) is 5.48. The average Bonchev–Trinajstić information content (AvgIpc) is 2.26. The average molecular weight is 204 g/mol. The van der Waals surface area contributed by atoms with E-state index in [9.17, 15) is 0 Å². The van der Waals surface area contributed by atoms with Crippen LogP contribution in [0.5, 0.6) is 5.75 Å². The van der Waals surface area contributed by atoms with Crippen LogP contribution < -0.4 is 4.74 Å². The van der Waals surface area contributed by atoms with E-state index in [1.165, 1.54) is 0 Å². The molecular formula is C14H20O. The molecule has 0 aliphatic heterocycles. The molecule has 0 radical (unpaired) electrons. The van der Waals surface area contributed by atoms with Gasteiger partial charge in [0.25, 0.3) is 0 Å². The summed E-state index contributed by atoms with van der Waals surface area (Å²) in [5.41, 5.74) is 1.12. The van der Waals surface area contributed by atoms with Crippen molar-refractivity contribution in [3.8, 4) is 5.75 Å². The molecule has 0 spiro atoms. The van der Waals surface area contributed by atoms with Crippen molar-refractivity contribution in [2.24, 2.45) is 11.8 Å². The van der Waals surface area contributed by atoms with Crippen molar-refractivity contribution >= 4 is 6.08 Å². The molecule has 0 fully saturated rings. The molecule has 0 heterocycles. The highest BCUT2D eigenvalue weighted by Crippen LogP contribution is 2.16. The molecule has 1 heteroatoms. The lowest BCUT2D eigenvalue weighted by Crippen LogP contribution is -2.14. The summed E-state index contributed by atoms with van der Waals surface area (Å²) in [5, 5.41) is 0. The van der Waals surface area contributed by atoms with Crippen LogP contribution in [-0.4, -0.2) is 6.61 Å². The second-order valence-electron chi connectivity index (χ2n) is 4.31. The van der Waals surface area contributed by atoms with Crippen LogP contribution in [0.2, 0.25) is 0 Å². The van der Waals surface area contributed by atoms with E-state index < -0.39 is 0 Å². The second kappa shape index (κ2) is 5.59. The Bertz CT molecular complexity index is 298. The van der Waals surface area contributed by atoms with Gasteiger partial charge in [0.2, 0.25) is 0 Å². The molecule has 0 amide bonds. The molecule has 0 bridgehead atoms. The summed E-state index contributed by atoms with van der Waals surface area (Å²) in [6, 6.07) is 8.01. The van der Waals surface area contributed by atoms with Crippen LogP contribution in [0.1, 0.15) is 26.3 Å². The van der Waals surface area contributed by atoms with Gasteiger partial charge in [0.05, 0.1) is 6.61 Å².